The first-order valence-electron chi connectivity index (χ1n) is 10.7. The SMILES string of the molecule is CC(CCCc1ccccc1)c1cc(O)c2c3c(c(=O)oc2c1)N1CCC3CC1. The fourth-order valence-electron chi connectivity index (χ4n) is 5.15. The van der Waals surface area contributed by atoms with Crippen LogP contribution in [0.15, 0.2) is 51.7 Å². The highest BCUT2D eigenvalue weighted by atomic mass is 16.4. The van der Waals surface area contributed by atoms with Crippen LogP contribution in [0.2, 0.25) is 0 Å². The van der Waals surface area contributed by atoms with Crippen molar-refractivity contribution in [2.45, 2.75) is 50.9 Å². The van der Waals surface area contributed by atoms with E-state index in [-0.39, 0.29) is 17.3 Å². The number of piperidine rings is 1. The Bertz CT molecular complexity index is 1090. The van der Waals surface area contributed by atoms with Crippen molar-refractivity contribution in [1.29, 1.82) is 0 Å². The van der Waals surface area contributed by atoms with E-state index in [4.69, 9.17) is 4.42 Å². The third kappa shape index (κ3) is 3.21. The second kappa shape index (κ2) is 7.25. The third-order valence-electron chi connectivity index (χ3n) is 6.76. The Morgan fingerprint density at radius 1 is 1.17 bits per heavy atom. The molecule has 150 valence electrons. The molecule has 2 bridgehead atoms. The van der Waals surface area contributed by atoms with Gasteiger partial charge in [0, 0.05) is 18.7 Å². The van der Waals surface area contributed by atoms with Gasteiger partial charge in [0.25, 0.3) is 0 Å². The lowest BCUT2D eigenvalue weighted by atomic mass is 9.81. The average molecular weight is 389 g/mol. The van der Waals surface area contributed by atoms with Crippen LogP contribution < -0.4 is 10.5 Å². The van der Waals surface area contributed by atoms with E-state index in [2.05, 4.69) is 36.1 Å². The summed E-state index contributed by atoms with van der Waals surface area (Å²) in [6, 6.07) is 14.4. The van der Waals surface area contributed by atoms with E-state index < -0.39 is 0 Å². The minimum Gasteiger partial charge on any atom is -0.507 e. The smallest absolute Gasteiger partial charge is 0.360 e. The molecule has 1 atom stereocenters. The number of phenols is 1. The summed E-state index contributed by atoms with van der Waals surface area (Å²) in [5.74, 6) is 0.887. The van der Waals surface area contributed by atoms with Crippen LogP contribution in [0.4, 0.5) is 5.69 Å². The zero-order chi connectivity index (χ0) is 20.0. The van der Waals surface area contributed by atoms with Crippen LogP contribution in [-0.2, 0) is 6.42 Å². The van der Waals surface area contributed by atoms with Gasteiger partial charge in [0.15, 0.2) is 0 Å². The molecule has 6 rings (SSSR count). The van der Waals surface area contributed by atoms with Crippen LogP contribution in [-0.4, -0.2) is 18.2 Å². The van der Waals surface area contributed by atoms with Crippen LogP contribution in [0, 0.1) is 0 Å². The normalized spacial score (nSPS) is 16.9. The quantitative estimate of drug-likeness (QED) is 0.600. The lowest BCUT2D eigenvalue weighted by molar-refractivity contribution is 0.448. The van der Waals surface area contributed by atoms with Gasteiger partial charge in [-0.1, -0.05) is 37.3 Å². The Morgan fingerprint density at radius 2 is 1.93 bits per heavy atom. The molecule has 0 radical (unpaired) electrons. The Balaban J connectivity index is 1.44. The zero-order valence-electron chi connectivity index (χ0n) is 16.9. The van der Waals surface area contributed by atoms with E-state index in [0.717, 1.165) is 61.7 Å². The fraction of sp³-hybridized carbons (Fsp3) is 0.400. The maximum atomic E-state index is 12.7. The summed E-state index contributed by atoms with van der Waals surface area (Å²) in [7, 11) is 0. The van der Waals surface area contributed by atoms with Gasteiger partial charge in [-0.15, -0.1) is 0 Å². The Labute approximate surface area is 170 Å². The third-order valence-corrected chi connectivity index (χ3v) is 6.76. The van der Waals surface area contributed by atoms with E-state index >= 15 is 0 Å². The Hall–Kier alpha value is -2.75. The minimum absolute atomic E-state index is 0.251. The zero-order valence-corrected chi connectivity index (χ0v) is 16.9. The molecule has 2 aromatic carbocycles. The first-order valence-corrected chi connectivity index (χ1v) is 10.7. The number of hydrogen-bond acceptors (Lipinski definition) is 4. The molecule has 3 aliphatic heterocycles. The van der Waals surface area contributed by atoms with E-state index in [1.165, 1.54) is 5.56 Å². The predicted octanol–water partition coefficient (Wildman–Crippen LogP) is 5.32. The molecular weight excluding hydrogens is 362 g/mol. The molecule has 1 N–H and O–H groups in total. The second-order valence-corrected chi connectivity index (χ2v) is 8.61. The molecule has 4 heterocycles. The van der Waals surface area contributed by atoms with Gasteiger partial charge in [0.2, 0.25) is 0 Å². The molecule has 29 heavy (non-hydrogen) atoms. The van der Waals surface area contributed by atoms with E-state index in [1.807, 2.05) is 18.2 Å². The molecule has 1 aromatic heterocycles. The highest BCUT2D eigenvalue weighted by Gasteiger charge is 2.36. The first kappa shape index (κ1) is 18.3. The molecule has 0 amide bonds. The summed E-state index contributed by atoms with van der Waals surface area (Å²) >= 11 is 0. The van der Waals surface area contributed by atoms with Gasteiger partial charge in [-0.05, 0) is 67.2 Å². The van der Waals surface area contributed by atoms with Gasteiger partial charge >= 0.3 is 5.63 Å². The largest absolute Gasteiger partial charge is 0.507 e. The molecule has 0 aliphatic carbocycles. The molecule has 0 spiro atoms. The average Bonchev–Trinajstić information content (AvgIpc) is 2.74. The maximum Gasteiger partial charge on any atom is 0.360 e. The predicted molar refractivity (Wildman–Crippen MR) is 116 cm³/mol. The Morgan fingerprint density at radius 3 is 2.69 bits per heavy atom. The van der Waals surface area contributed by atoms with Crippen molar-refractivity contribution >= 4 is 16.7 Å². The Kier molecular flexibility index (Phi) is 4.57. The number of hydrogen-bond donors (Lipinski definition) is 1. The molecular formula is C25H27NO3. The fourth-order valence-corrected chi connectivity index (χ4v) is 5.15. The number of fused-ring (bicyclic) bond motifs is 3. The topological polar surface area (TPSA) is 53.7 Å². The van der Waals surface area contributed by atoms with Crippen molar-refractivity contribution in [2.75, 3.05) is 18.0 Å². The van der Waals surface area contributed by atoms with Gasteiger partial charge < -0.3 is 14.4 Å². The second-order valence-electron chi connectivity index (χ2n) is 8.61. The van der Waals surface area contributed by atoms with E-state index in [9.17, 15) is 9.90 Å². The number of rotatable bonds is 5. The van der Waals surface area contributed by atoms with Crippen LogP contribution in [0.5, 0.6) is 5.75 Å². The summed E-state index contributed by atoms with van der Waals surface area (Å²) in [4.78, 5) is 14.8. The lowest BCUT2D eigenvalue weighted by Crippen LogP contribution is -2.42. The number of anilines is 1. The van der Waals surface area contributed by atoms with Crippen molar-refractivity contribution in [1.82, 2.24) is 0 Å². The number of benzene rings is 2. The molecule has 4 nitrogen and oxygen atoms in total. The number of nitrogens with zero attached hydrogens (tertiary/aromatic N) is 1. The minimum atomic E-state index is -0.259. The number of aromatic hydroxyl groups is 1. The molecule has 0 saturated carbocycles. The van der Waals surface area contributed by atoms with Gasteiger partial charge in [-0.2, -0.15) is 0 Å². The maximum absolute atomic E-state index is 12.7. The molecule has 4 heteroatoms. The summed E-state index contributed by atoms with van der Waals surface area (Å²) in [6.07, 6.45) is 5.23. The van der Waals surface area contributed by atoms with Crippen molar-refractivity contribution in [3.63, 3.8) is 0 Å². The van der Waals surface area contributed by atoms with E-state index in [0.29, 0.717) is 17.2 Å². The van der Waals surface area contributed by atoms with Crippen LogP contribution >= 0.6 is 0 Å². The van der Waals surface area contributed by atoms with Crippen molar-refractivity contribution in [3.8, 4) is 5.75 Å². The summed E-state index contributed by atoms with van der Waals surface area (Å²) in [5, 5.41) is 11.6. The molecule has 1 fully saturated rings. The summed E-state index contributed by atoms with van der Waals surface area (Å²) in [6.45, 7) is 3.99. The highest BCUT2D eigenvalue weighted by Crippen LogP contribution is 2.46. The lowest BCUT2D eigenvalue weighted by Gasteiger charge is -2.41. The molecule has 3 aromatic rings. The number of aryl methyl sites for hydroxylation is 1. The van der Waals surface area contributed by atoms with Crippen LogP contribution in [0.25, 0.3) is 11.0 Å². The molecule has 3 aliphatic rings. The monoisotopic (exact) mass is 389 g/mol. The number of phenolic OH excluding ortho intramolecular Hbond substituents is 1. The first-order chi connectivity index (χ1) is 14.1. The summed E-state index contributed by atoms with van der Waals surface area (Å²) in [5.41, 5.74) is 4.35. The van der Waals surface area contributed by atoms with Crippen molar-refractivity contribution in [3.05, 3.63) is 69.6 Å². The molecule has 1 saturated heterocycles. The van der Waals surface area contributed by atoms with Crippen molar-refractivity contribution < 1.29 is 9.52 Å². The van der Waals surface area contributed by atoms with Crippen LogP contribution in [0.1, 0.15) is 61.1 Å². The van der Waals surface area contributed by atoms with E-state index in [1.54, 1.807) is 0 Å². The summed E-state index contributed by atoms with van der Waals surface area (Å²) < 4.78 is 5.70. The standard InChI is InChI=1S/C25H27NO3/c1-16(6-5-9-17-7-3-2-4-8-17)19-14-20(27)23-21(15-19)29-25(28)24-22(23)18-10-12-26(24)13-11-18/h2-4,7-8,14-16,18,27H,5-6,9-13H2,1H3. The van der Waals surface area contributed by atoms with Gasteiger partial charge in [-0.25, -0.2) is 4.79 Å². The van der Waals surface area contributed by atoms with Crippen LogP contribution in [0.3, 0.4) is 0 Å². The van der Waals surface area contributed by atoms with Crippen molar-refractivity contribution in [2.24, 2.45) is 0 Å². The van der Waals surface area contributed by atoms with Gasteiger partial charge in [-0.3, -0.25) is 0 Å². The van der Waals surface area contributed by atoms with Gasteiger partial charge in [0.05, 0.1) is 5.39 Å². The van der Waals surface area contributed by atoms with Gasteiger partial charge in [0.1, 0.15) is 17.0 Å². The highest BCUT2D eigenvalue weighted by molar-refractivity contribution is 5.92. The molecule has 1 unspecified atom stereocenters.